The maximum absolute atomic E-state index is 12.3. The zero-order chi connectivity index (χ0) is 16.4. The fourth-order valence-corrected chi connectivity index (χ4v) is 2.90. The highest BCUT2D eigenvalue weighted by molar-refractivity contribution is 6.42. The third-order valence-corrected chi connectivity index (χ3v) is 5.11. The summed E-state index contributed by atoms with van der Waals surface area (Å²) in [6.07, 6.45) is 1.66. The Labute approximate surface area is 145 Å². The average Bonchev–Trinajstić information content (AvgIpc) is 2.89. The minimum atomic E-state index is -0.0330. The summed E-state index contributed by atoms with van der Waals surface area (Å²) >= 11 is 12.3. The molecular formula is C16H18Cl2N4O. The van der Waals surface area contributed by atoms with Crippen molar-refractivity contribution < 1.29 is 4.79 Å². The molecule has 5 nitrogen and oxygen atoms in total. The van der Waals surface area contributed by atoms with Crippen LogP contribution < -0.4 is 10.6 Å². The van der Waals surface area contributed by atoms with Crippen LogP contribution in [-0.2, 0) is 11.3 Å². The molecule has 1 amide bonds. The molecule has 23 heavy (non-hydrogen) atoms. The van der Waals surface area contributed by atoms with Crippen molar-refractivity contribution in [2.45, 2.75) is 13.5 Å². The van der Waals surface area contributed by atoms with E-state index in [1.807, 2.05) is 19.1 Å². The standard InChI is InChI=1S/C16H18Cl2N4O/c1-10(12-7-19-8-12)16(23)21-14-5-6-20-22(14)9-11-3-2-4-13(17)15(11)18/h2-6,10,12,19H,7-9H2,1H3,(H,21,23). The summed E-state index contributed by atoms with van der Waals surface area (Å²) < 4.78 is 1.71. The first-order chi connectivity index (χ1) is 11.1. The molecule has 1 atom stereocenters. The lowest BCUT2D eigenvalue weighted by Crippen LogP contribution is -2.48. The minimum Gasteiger partial charge on any atom is -0.316 e. The second kappa shape index (κ2) is 6.91. The van der Waals surface area contributed by atoms with Gasteiger partial charge in [-0.15, -0.1) is 0 Å². The van der Waals surface area contributed by atoms with Gasteiger partial charge in [0.05, 0.1) is 22.8 Å². The summed E-state index contributed by atoms with van der Waals surface area (Å²) in [5.41, 5.74) is 0.856. The third-order valence-electron chi connectivity index (χ3n) is 4.25. The van der Waals surface area contributed by atoms with Crippen LogP contribution in [-0.4, -0.2) is 28.8 Å². The largest absolute Gasteiger partial charge is 0.316 e. The van der Waals surface area contributed by atoms with Crippen molar-refractivity contribution in [2.24, 2.45) is 11.8 Å². The van der Waals surface area contributed by atoms with E-state index < -0.39 is 0 Å². The number of nitrogens with one attached hydrogen (secondary N) is 2. The SMILES string of the molecule is CC(C(=O)Nc1ccnn1Cc1cccc(Cl)c1Cl)C1CNC1. The van der Waals surface area contributed by atoms with Gasteiger partial charge in [-0.2, -0.15) is 5.10 Å². The van der Waals surface area contributed by atoms with Crippen LogP contribution in [0.2, 0.25) is 10.0 Å². The molecule has 0 radical (unpaired) electrons. The lowest BCUT2D eigenvalue weighted by molar-refractivity contribution is -0.121. The predicted molar refractivity (Wildman–Crippen MR) is 91.9 cm³/mol. The Morgan fingerprint density at radius 1 is 1.43 bits per heavy atom. The van der Waals surface area contributed by atoms with E-state index in [1.165, 1.54) is 0 Å². The van der Waals surface area contributed by atoms with E-state index in [-0.39, 0.29) is 11.8 Å². The van der Waals surface area contributed by atoms with Gasteiger partial charge >= 0.3 is 0 Å². The van der Waals surface area contributed by atoms with Crippen LogP contribution in [0, 0.1) is 11.8 Å². The molecule has 1 aliphatic heterocycles. The van der Waals surface area contributed by atoms with Gasteiger partial charge in [0.15, 0.2) is 0 Å². The normalized spacial score (nSPS) is 16.0. The first kappa shape index (κ1) is 16.3. The molecule has 1 saturated heterocycles. The van der Waals surface area contributed by atoms with Crippen molar-refractivity contribution in [3.8, 4) is 0 Å². The fraction of sp³-hybridized carbons (Fsp3) is 0.375. The van der Waals surface area contributed by atoms with Crippen molar-refractivity contribution in [1.82, 2.24) is 15.1 Å². The van der Waals surface area contributed by atoms with Crippen LogP contribution in [0.15, 0.2) is 30.5 Å². The molecule has 3 rings (SSSR count). The summed E-state index contributed by atoms with van der Waals surface area (Å²) in [5, 5.41) is 11.4. The van der Waals surface area contributed by atoms with Crippen molar-refractivity contribution in [3.05, 3.63) is 46.1 Å². The number of carbonyl (C=O) groups is 1. The summed E-state index contributed by atoms with van der Waals surface area (Å²) in [7, 11) is 0. The lowest BCUT2D eigenvalue weighted by atomic mass is 9.88. The van der Waals surface area contributed by atoms with Gasteiger partial charge in [0.1, 0.15) is 5.82 Å². The number of aromatic nitrogens is 2. The van der Waals surface area contributed by atoms with Gasteiger partial charge in [0.25, 0.3) is 0 Å². The molecule has 0 bridgehead atoms. The van der Waals surface area contributed by atoms with Gasteiger partial charge in [-0.1, -0.05) is 42.3 Å². The summed E-state index contributed by atoms with van der Waals surface area (Å²) in [6, 6.07) is 7.26. The number of anilines is 1. The van der Waals surface area contributed by atoms with E-state index in [9.17, 15) is 4.79 Å². The number of halogens is 2. The first-order valence-corrected chi connectivity index (χ1v) is 8.28. The maximum atomic E-state index is 12.3. The topological polar surface area (TPSA) is 59.0 Å². The van der Waals surface area contributed by atoms with Crippen LogP contribution in [0.5, 0.6) is 0 Å². The van der Waals surface area contributed by atoms with Gasteiger partial charge in [0, 0.05) is 12.0 Å². The number of carbonyl (C=O) groups excluding carboxylic acids is 1. The Kier molecular flexibility index (Phi) is 4.90. The van der Waals surface area contributed by atoms with Gasteiger partial charge in [0.2, 0.25) is 5.91 Å². The number of nitrogens with zero attached hydrogens (tertiary/aromatic N) is 2. The van der Waals surface area contributed by atoms with Crippen LogP contribution in [0.1, 0.15) is 12.5 Å². The molecule has 0 spiro atoms. The van der Waals surface area contributed by atoms with Crippen molar-refractivity contribution >= 4 is 34.9 Å². The van der Waals surface area contributed by atoms with Crippen LogP contribution in [0.4, 0.5) is 5.82 Å². The Bertz CT molecular complexity index is 712. The van der Waals surface area contributed by atoms with Crippen molar-refractivity contribution in [3.63, 3.8) is 0 Å². The maximum Gasteiger partial charge on any atom is 0.228 e. The van der Waals surface area contributed by atoms with E-state index in [0.717, 1.165) is 18.7 Å². The Morgan fingerprint density at radius 3 is 2.91 bits per heavy atom. The number of amides is 1. The van der Waals surface area contributed by atoms with Crippen LogP contribution in [0.25, 0.3) is 0 Å². The second-order valence-corrected chi connectivity index (χ2v) is 6.57. The molecule has 1 aromatic carbocycles. The number of rotatable bonds is 5. The fourth-order valence-electron chi connectivity index (χ4n) is 2.52. The van der Waals surface area contributed by atoms with Gasteiger partial charge < -0.3 is 10.6 Å². The highest BCUT2D eigenvalue weighted by atomic mass is 35.5. The Balaban J connectivity index is 1.72. The third kappa shape index (κ3) is 3.52. The molecule has 2 N–H and O–H groups in total. The number of benzene rings is 1. The summed E-state index contributed by atoms with van der Waals surface area (Å²) in [4.78, 5) is 12.3. The summed E-state index contributed by atoms with van der Waals surface area (Å²) in [5.74, 6) is 1.03. The van der Waals surface area contributed by atoms with E-state index in [0.29, 0.717) is 28.3 Å². The van der Waals surface area contributed by atoms with Crippen molar-refractivity contribution in [1.29, 1.82) is 0 Å². The Morgan fingerprint density at radius 2 is 2.22 bits per heavy atom. The minimum absolute atomic E-state index is 0.00967. The lowest BCUT2D eigenvalue weighted by Gasteiger charge is -2.31. The second-order valence-electron chi connectivity index (χ2n) is 5.78. The van der Waals surface area contributed by atoms with E-state index in [4.69, 9.17) is 23.2 Å². The quantitative estimate of drug-likeness (QED) is 0.869. The average molecular weight is 353 g/mol. The Hall–Kier alpha value is -1.56. The van der Waals surface area contributed by atoms with E-state index >= 15 is 0 Å². The zero-order valence-electron chi connectivity index (χ0n) is 12.7. The van der Waals surface area contributed by atoms with Crippen LogP contribution >= 0.6 is 23.2 Å². The molecule has 2 heterocycles. The zero-order valence-corrected chi connectivity index (χ0v) is 14.2. The van der Waals surface area contributed by atoms with Gasteiger partial charge in [-0.05, 0) is 30.6 Å². The predicted octanol–water partition coefficient (Wildman–Crippen LogP) is 3.03. The van der Waals surface area contributed by atoms with E-state index in [1.54, 1.807) is 23.0 Å². The molecule has 2 aromatic rings. The van der Waals surface area contributed by atoms with Crippen LogP contribution in [0.3, 0.4) is 0 Å². The van der Waals surface area contributed by atoms with Gasteiger partial charge in [-0.25, -0.2) is 4.68 Å². The smallest absolute Gasteiger partial charge is 0.228 e. The molecule has 1 fully saturated rings. The van der Waals surface area contributed by atoms with Gasteiger partial charge in [-0.3, -0.25) is 4.79 Å². The molecule has 7 heteroatoms. The number of hydrogen-bond donors (Lipinski definition) is 2. The highest BCUT2D eigenvalue weighted by Crippen LogP contribution is 2.27. The molecule has 122 valence electrons. The molecule has 0 aliphatic carbocycles. The number of hydrogen-bond acceptors (Lipinski definition) is 3. The monoisotopic (exact) mass is 352 g/mol. The molecule has 1 aliphatic rings. The highest BCUT2D eigenvalue weighted by Gasteiger charge is 2.29. The van der Waals surface area contributed by atoms with Crippen molar-refractivity contribution in [2.75, 3.05) is 18.4 Å². The first-order valence-electron chi connectivity index (χ1n) is 7.52. The summed E-state index contributed by atoms with van der Waals surface area (Å²) in [6.45, 7) is 4.19. The molecule has 1 unspecified atom stereocenters. The van der Waals surface area contributed by atoms with E-state index in [2.05, 4.69) is 15.7 Å². The molecule has 0 saturated carbocycles. The molecular weight excluding hydrogens is 335 g/mol. The molecule has 1 aromatic heterocycles.